The molecule has 1 aromatic heterocycles. The minimum absolute atomic E-state index is 0.119. The molecule has 100 valence electrons. The van der Waals surface area contributed by atoms with Crippen molar-refractivity contribution in [1.29, 1.82) is 0 Å². The van der Waals surface area contributed by atoms with Crippen LogP contribution in [0.2, 0.25) is 0 Å². The van der Waals surface area contributed by atoms with Crippen LogP contribution < -0.4 is 10.1 Å². The van der Waals surface area contributed by atoms with Crippen LogP contribution in [0.15, 0.2) is 41.1 Å². The van der Waals surface area contributed by atoms with Gasteiger partial charge >= 0.3 is 0 Å². The number of benzene rings is 1. The van der Waals surface area contributed by atoms with Gasteiger partial charge in [0.2, 0.25) is 5.89 Å². The van der Waals surface area contributed by atoms with E-state index < -0.39 is 0 Å². The van der Waals surface area contributed by atoms with Crippen molar-refractivity contribution >= 4 is 0 Å². The van der Waals surface area contributed by atoms with E-state index >= 15 is 0 Å². The maximum absolute atomic E-state index is 6.18. The highest BCUT2D eigenvalue weighted by molar-refractivity contribution is 5.32. The SMILES string of the molecule is Cc1ccccc1O[C@@H](c1ncco1)[C@@H]1CCNC1. The van der Waals surface area contributed by atoms with Gasteiger partial charge in [-0.1, -0.05) is 18.2 Å². The third-order valence-corrected chi connectivity index (χ3v) is 3.57. The van der Waals surface area contributed by atoms with Crippen molar-refractivity contribution in [2.24, 2.45) is 5.92 Å². The van der Waals surface area contributed by atoms with Crippen LogP contribution in [0, 0.1) is 12.8 Å². The van der Waals surface area contributed by atoms with Crippen LogP contribution in [0.5, 0.6) is 5.75 Å². The molecule has 1 N–H and O–H groups in total. The van der Waals surface area contributed by atoms with Crippen LogP contribution in [-0.4, -0.2) is 18.1 Å². The van der Waals surface area contributed by atoms with Crippen LogP contribution in [-0.2, 0) is 0 Å². The Labute approximate surface area is 112 Å². The molecule has 3 rings (SSSR count). The molecule has 0 radical (unpaired) electrons. The first kappa shape index (κ1) is 12.2. The molecule has 0 spiro atoms. The molecule has 0 aliphatic carbocycles. The average Bonchev–Trinajstić information content (AvgIpc) is 3.11. The van der Waals surface area contributed by atoms with Crippen molar-refractivity contribution in [1.82, 2.24) is 10.3 Å². The molecule has 0 amide bonds. The van der Waals surface area contributed by atoms with Gasteiger partial charge in [0, 0.05) is 12.5 Å². The lowest BCUT2D eigenvalue weighted by molar-refractivity contribution is 0.113. The summed E-state index contributed by atoms with van der Waals surface area (Å²) in [5.41, 5.74) is 1.13. The highest BCUT2D eigenvalue weighted by atomic mass is 16.5. The van der Waals surface area contributed by atoms with Crippen LogP contribution in [0.25, 0.3) is 0 Å². The molecule has 1 aliphatic heterocycles. The summed E-state index contributed by atoms with van der Waals surface area (Å²) in [4.78, 5) is 4.27. The lowest BCUT2D eigenvalue weighted by Crippen LogP contribution is -2.22. The second-order valence-corrected chi connectivity index (χ2v) is 4.93. The molecule has 2 aromatic rings. The van der Waals surface area contributed by atoms with E-state index in [2.05, 4.69) is 23.3 Å². The minimum atomic E-state index is -0.119. The zero-order valence-corrected chi connectivity index (χ0v) is 11.0. The Balaban J connectivity index is 1.85. The number of aromatic nitrogens is 1. The maximum atomic E-state index is 6.18. The second-order valence-electron chi connectivity index (χ2n) is 4.93. The lowest BCUT2D eigenvalue weighted by atomic mass is 10.0. The molecule has 0 saturated carbocycles. The Morgan fingerprint density at radius 1 is 1.42 bits per heavy atom. The van der Waals surface area contributed by atoms with Crippen LogP contribution in [0.4, 0.5) is 0 Å². The van der Waals surface area contributed by atoms with Gasteiger partial charge in [-0.25, -0.2) is 4.98 Å². The summed E-state index contributed by atoms with van der Waals surface area (Å²) in [6, 6.07) is 8.05. The summed E-state index contributed by atoms with van der Waals surface area (Å²) in [7, 11) is 0. The molecule has 1 aliphatic rings. The number of oxazole rings is 1. The zero-order chi connectivity index (χ0) is 13.1. The summed E-state index contributed by atoms with van der Waals surface area (Å²) in [5.74, 6) is 1.97. The minimum Gasteiger partial charge on any atom is -0.480 e. The second kappa shape index (κ2) is 5.45. The topological polar surface area (TPSA) is 47.3 Å². The quantitative estimate of drug-likeness (QED) is 0.916. The number of nitrogens with zero attached hydrogens (tertiary/aromatic N) is 1. The summed E-state index contributed by atoms with van der Waals surface area (Å²) >= 11 is 0. The van der Waals surface area contributed by atoms with Gasteiger partial charge in [0.15, 0.2) is 6.10 Å². The van der Waals surface area contributed by atoms with Crippen LogP contribution >= 0.6 is 0 Å². The molecular formula is C15H18N2O2. The third kappa shape index (κ3) is 2.63. The highest BCUT2D eigenvalue weighted by Gasteiger charge is 2.31. The van der Waals surface area contributed by atoms with E-state index in [1.54, 1.807) is 12.5 Å². The molecule has 4 heteroatoms. The normalized spacial score (nSPS) is 20.4. The molecule has 4 nitrogen and oxygen atoms in total. The molecule has 1 saturated heterocycles. The number of para-hydroxylation sites is 1. The Morgan fingerprint density at radius 2 is 2.32 bits per heavy atom. The number of rotatable bonds is 4. The van der Waals surface area contributed by atoms with Gasteiger partial charge in [-0.2, -0.15) is 0 Å². The molecule has 0 unspecified atom stereocenters. The van der Waals surface area contributed by atoms with Crippen LogP contribution in [0.3, 0.4) is 0 Å². The lowest BCUT2D eigenvalue weighted by Gasteiger charge is -2.22. The van der Waals surface area contributed by atoms with Crippen molar-refractivity contribution in [2.75, 3.05) is 13.1 Å². The Kier molecular flexibility index (Phi) is 3.51. The first-order valence-corrected chi connectivity index (χ1v) is 6.67. The number of hydrogen-bond donors (Lipinski definition) is 1. The predicted octanol–water partition coefficient (Wildman–Crippen LogP) is 2.71. The number of hydrogen-bond acceptors (Lipinski definition) is 4. The average molecular weight is 258 g/mol. The van der Waals surface area contributed by atoms with Gasteiger partial charge in [0.1, 0.15) is 12.0 Å². The molecule has 2 atom stereocenters. The van der Waals surface area contributed by atoms with Crippen molar-refractivity contribution in [3.8, 4) is 5.75 Å². The predicted molar refractivity (Wildman–Crippen MR) is 72.0 cm³/mol. The molecule has 19 heavy (non-hydrogen) atoms. The van der Waals surface area contributed by atoms with Crippen molar-refractivity contribution in [3.63, 3.8) is 0 Å². The number of nitrogens with one attached hydrogen (secondary N) is 1. The van der Waals surface area contributed by atoms with Gasteiger partial charge in [0.05, 0.1) is 6.20 Å². The first-order valence-electron chi connectivity index (χ1n) is 6.67. The highest BCUT2D eigenvalue weighted by Crippen LogP contribution is 2.32. The standard InChI is InChI=1S/C15H18N2O2/c1-11-4-2-3-5-13(11)19-14(12-6-7-16-10-12)15-17-8-9-18-15/h2-5,8-9,12,14,16H,6-7,10H2,1H3/t12-,14-/m1/s1. The molecular weight excluding hydrogens is 240 g/mol. The van der Waals surface area contributed by atoms with Gasteiger partial charge in [-0.15, -0.1) is 0 Å². The summed E-state index contributed by atoms with van der Waals surface area (Å²) in [5, 5.41) is 3.37. The Hall–Kier alpha value is -1.81. The largest absolute Gasteiger partial charge is 0.480 e. The van der Waals surface area contributed by atoms with E-state index in [-0.39, 0.29) is 6.10 Å². The maximum Gasteiger partial charge on any atom is 0.235 e. The van der Waals surface area contributed by atoms with E-state index in [1.807, 2.05) is 18.2 Å². The third-order valence-electron chi connectivity index (χ3n) is 3.57. The van der Waals surface area contributed by atoms with E-state index in [0.717, 1.165) is 30.8 Å². The van der Waals surface area contributed by atoms with Gasteiger partial charge in [0.25, 0.3) is 0 Å². The summed E-state index contributed by atoms with van der Waals surface area (Å²) < 4.78 is 11.6. The van der Waals surface area contributed by atoms with Crippen LogP contribution in [0.1, 0.15) is 24.0 Å². The van der Waals surface area contributed by atoms with Crippen molar-refractivity contribution in [3.05, 3.63) is 48.2 Å². The van der Waals surface area contributed by atoms with E-state index in [0.29, 0.717) is 11.8 Å². The number of ether oxygens (including phenoxy) is 1. The Bertz CT molecular complexity index is 519. The fourth-order valence-electron chi connectivity index (χ4n) is 2.48. The van der Waals surface area contributed by atoms with Gasteiger partial charge < -0.3 is 14.5 Å². The summed E-state index contributed by atoms with van der Waals surface area (Å²) in [6.45, 7) is 4.02. The summed E-state index contributed by atoms with van der Waals surface area (Å²) in [6.07, 6.45) is 4.24. The van der Waals surface area contributed by atoms with E-state index in [9.17, 15) is 0 Å². The van der Waals surface area contributed by atoms with Gasteiger partial charge in [-0.05, 0) is 31.5 Å². The number of aryl methyl sites for hydroxylation is 1. The fourth-order valence-corrected chi connectivity index (χ4v) is 2.48. The smallest absolute Gasteiger partial charge is 0.235 e. The monoisotopic (exact) mass is 258 g/mol. The first-order chi connectivity index (χ1) is 9.34. The molecule has 0 bridgehead atoms. The van der Waals surface area contributed by atoms with Crippen molar-refractivity contribution in [2.45, 2.75) is 19.4 Å². The molecule has 2 heterocycles. The molecule has 1 aromatic carbocycles. The Morgan fingerprint density at radius 3 is 3.00 bits per heavy atom. The van der Waals surface area contributed by atoms with E-state index in [4.69, 9.17) is 9.15 Å². The molecule has 1 fully saturated rings. The fraction of sp³-hybridized carbons (Fsp3) is 0.400. The van der Waals surface area contributed by atoms with Gasteiger partial charge in [-0.3, -0.25) is 0 Å². The zero-order valence-electron chi connectivity index (χ0n) is 11.0. The van der Waals surface area contributed by atoms with Crippen molar-refractivity contribution < 1.29 is 9.15 Å². The van der Waals surface area contributed by atoms with E-state index in [1.165, 1.54) is 0 Å².